The van der Waals surface area contributed by atoms with Gasteiger partial charge in [0.25, 0.3) is 0 Å². The van der Waals surface area contributed by atoms with Crippen LogP contribution < -0.4 is 11.3 Å². The van der Waals surface area contributed by atoms with Crippen molar-refractivity contribution in [2.75, 3.05) is 7.05 Å². The van der Waals surface area contributed by atoms with Crippen molar-refractivity contribution in [3.63, 3.8) is 0 Å². The number of nitrogens with two attached hydrogens (primary N) is 1. The Balaban J connectivity index is 2.72. The normalized spacial score (nSPS) is 11.9. The molecule has 0 aliphatic rings. The summed E-state index contributed by atoms with van der Waals surface area (Å²) in [5.74, 6) is 3.44. The lowest BCUT2D eigenvalue weighted by molar-refractivity contribution is -0.146. The summed E-state index contributed by atoms with van der Waals surface area (Å²) in [6.45, 7) is 1.85. The monoisotopic (exact) mass is 227 g/mol. The van der Waals surface area contributed by atoms with Gasteiger partial charge in [-0.1, -0.05) is 6.07 Å². The van der Waals surface area contributed by atoms with Gasteiger partial charge in [-0.05, 0) is 18.4 Å². The minimum atomic E-state index is -0.805. The van der Waals surface area contributed by atoms with Crippen molar-refractivity contribution in [2.24, 2.45) is 5.84 Å². The highest BCUT2D eigenvalue weighted by molar-refractivity contribution is 7.10. The molecule has 1 heterocycles. The molecule has 0 spiro atoms. The third kappa shape index (κ3) is 2.54. The molecule has 0 aliphatic carbocycles. The van der Waals surface area contributed by atoms with Gasteiger partial charge in [0.15, 0.2) is 0 Å². The fourth-order valence-electron chi connectivity index (χ4n) is 1.12. The predicted octanol–water partition coefficient (Wildman–Crippen LogP) is 0.257. The number of rotatable bonds is 2. The van der Waals surface area contributed by atoms with Crippen molar-refractivity contribution >= 4 is 23.2 Å². The molecule has 0 saturated heterocycles. The van der Waals surface area contributed by atoms with E-state index >= 15 is 0 Å². The maximum atomic E-state index is 11.4. The Morgan fingerprint density at radius 2 is 2.27 bits per heavy atom. The van der Waals surface area contributed by atoms with Gasteiger partial charge in [-0.15, -0.1) is 11.3 Å². The first kappa shape index (κ1) is 11.7. The summed E-state index contributed by atoms with van der Waals surface area (Å²) in [6, 6.07) is 3.69. The maximum Gasteiger partial charge on any atom is 0.323 e. The van der Waals surface area contributed by atoms with Crippen molar-refractivity contribution in [3.05, 3.63) is 22.4 Å². The van der Waals surface area contributed by atoms with Crippen molar-refractivity contribution in [1.29, 1.82) is 0 Å². The van der Waals surface area contributed by atoms with Crippen molar-refractivity contribution in [1.82, 2.24) is 10.3 Å². The van der Waals surface area contributed by atoms with Crippen molar-refractivity contribution in [2.45, 2.75) is 13.0 Å². The molecular formula is C9H13N3O2S. The Hall–Kier alpha value is -1.40. The number of thiophene rings is 1. The Kier molecular flexibility index (Phi) is 3.81. The number of carbonyl (C=O) groups is 2. The van der Waals surface area contributed by atoms with Crippen LogP contribution in [0, 0.1) is 0 Å². The number of likely N-dealkylation sites (N-methyl/N-ethyl adjacent to an activating group) is 1. The van der Waals surface area contributed by atoms with E-state index in [1.807, 2.05) is 29.9 Å². The number of carbonyl (C=O) groups excluding carboxylic acids is 2. The minimum absolute atomic E-state index is 0.130. The lowest BCUT2D eigenvalue weighted by Gasteiger charge is -2.22. The second-order valence-corrected chi connectivity index (χ2v) is 4.06. The van der Waals surface area contributed by atoms with Gasteiger partial charge in [0.1, 0.15) is 0 Å². The molecule has 1 unspecified atom stereocenters. The van der Waals surface area contributed by atoms with Crippen LogP contribution in [0.1, 0.15) is 17.8 Å². The number of hydrogen-bond acceptors (Lipinski definition) is 4. The van der Waals surface area contributed by atoms with E-state index in [0.717, 1.165) is 4.88 Å². The van der Waals surface area contributed by atoms with Crippen LogP contribution in [0.3, 0.4) is 0 Å². The molecule has 0 aliphatic heterocycles. The molecule has 0 bridgehead atoms. The zero-order chi connectivity index (χ0) is 11.4. The standard InChI is InChI=1S/C9H13N3O2S/c1-6(7-4-3-5-15-7)12(2)9(14)8(13)11-10/h3-6H,10H2,1-2H3,(H,11,13). The summed E-state index contributed by atoms with van der Waals surface area (Å²) >= 11 is 1.54. The number of nitrogens with zero attached hydrogens (tertiary/aromatic N) is 1. The van der Waals surface area contributed by atoms with E-state index in [9.17, 15) is 9.59 Å². The molecule has 1 aromatic heterocycles. The summed E-state index contributed by atoms with van der Waals surface area (Å²) in [5, 5.41) is 1.92. The van der Waals surface area contributed by atoms with E-state index in [1.54, 1.807) is 7.05 Å². The second-order valence-electron chi connectivity index (χ2n) is 3.08. The van der Waals surface area contributed by atoms with Gasteiger partial charge in [-0.2, -0.15) is 0 Å². The van der Waals surface area contributed by atoms with Crippen molar-refractivity contribution in [3.8, 4) is 0 Å². The molecule has 1 atom stereocenters. The average Bonchev–Trinajstić information content (AvgIpc) is 2.78. The van der Waals surface area contributed by atoms with Crippen LogP contribution in [0.15, 0.2) is 17.5 Å². The van der Waals surface area contributed by atoms with Crippen LogP contribution in [0.4, 0.5) is 0 Å². The number of amides is 2. The van der Waals surface area contributed by atoms with E-state index in [0.29, 0.717) is 0 Å². The summed E-state index contributed by atoms with van der Waals surface area (Å²) in [6.07, 6.45) is 0. The van der Waals surface area contributed by atoms with E-state index in [-0.39, 0.29) is 6.04 Å². The lowest BCUT2D eigenvalue weighted by Crippen LogP contribution is -2.44. The number of hydrazine groups is 1. The van der Waals surface area contributed by atoms with E-state index in [2.05, 4.69) is 0 Å². The van der Waals surface area contributed by atoms with Gasteiger partial charge in [-0.3, -0.25) is 15.0 Å². The molecule has 0 fully saturated rings. The summed E-state index contributed by atoms with van der Waals surface area (Å²) in [5.41, 5.74) is 1.82. The van der Waals surface area contributed by atoms with Crippen LogP contribution in [-0.4, -0.2) is 23.8 Å². The molecule has 3 N–H and O–H groups in total. The molecule has 2 amide bonds. The molecule has 82 valence electrons. The van der Waals surface area contributed by atoms with E-state index in [4.69, 9.17) is 5.84 Å². The molecular weight excluding hydrogens is 214 g/mol. The van der Waals surface area contributed by atoms with Gasteiger partial charge >= 0.3 is 11.8 Å². The molecule has 6 heteroatoms. The van der Waals surface area contributed by atoms with E-state index in [1.165, 1.54) is 16.2 Å². The Labute approximate surface area is 91.8 Å². The first-order valence-corrected chi connectivity index (χ1v) is 5.27. The molecule has 0 saturated carbocycles. The van der Waals surface area contributed by atoms with Crippen molar-refractivity contribution < 1.29 is 9.59 Å². The predicted molar refractivity (Wildman–Crippen MR) is 57.8 cm³/mol. The van der Waals surface area contributed by atoms with Gasteiger partial charge in [0.2, 0.25) is 0 Å². The topological polar surface area (TPSA) is 75.4 Å². The Morgan fingerprint density at radius 3 is 2.73 bits per heavy atom. The summed E-state index contributed by atoms with van der Waals surface area (Å²) in [7, 11) is 1.57. The largest absolute Gasteiger partial charge is 0.330 e. The first-order valence-electron chi connectivity index (χ1n) is 4.39. The maximum absolute atomic E-state index is 11.4. The quantitative estimate of drug-likeness (QED) is 0.329. The molecule has 0 aromatic carbocycles. The van der Waals surface area contributed by atoms with Gasteiger partial charge in [-0.25, -0.2) is 5.84 Å². The third-order valence-electron chi connectivity index (χ3n) is 2.18. The molecule has 1 aromatic rings. The zero-order valence-electron chi connectivity index (χ0n) is 8.56. The summed E-state index contributed by atoms with van der Waals surface area (Å²) in [4.78, 5) is 24.8. The highest BCUT2D eigenvalue weighted by Crippen LogP contribution is 2.23. The van der Waals surface area contributed by atoms with E-state index < -0.39 is 11.8 Å². The van der Waals surface area contributed by atoms with Crippen LogP contribution in [0.25, 0.3) is 0 Å². The van der Waals surface area contributed by atoms with Crippen LogP contribution in [0.5, 0.6) is 0 Å². The fourth-order valence-corrected chi connectivity index (χ4v) is 1.94. The average molecular weight is 227 g/mol. The van der Waals surface area contributed by atoms with Crippen LogP contribution in [0.2, 0.25) is 0 Å². The Bertz CT molecular complexity index is 350. The minimum Gasteiger partial charge on any atom is -0.330 e. The molecule has 15 heavy (non-hydrogen) atoms. The van der Waals surface area contributed by atoms with Crippen LogP contribution in [-0.2, 0) is 9.59 Å². The lowest BCUT2D eigenvalue weighted by atomic mass is 10.2. The highest BCUT2D eigenvalue weighted by Gasteiger charge is 2.23. The molecule has 5 nitrogen and oxygen atoms in total. The number of hydrogen-bond donors (Lipinski definition) is 2. The Morgan fingerprint density at radius 1 is 1.60 bits per heavy atom. The summed E-state index contributed by atoms with van der Waals surface area (Å²) < 4.78 is 0. The first-order chi connectivity index (χ1) is 7.07. The van der Waals surface area contributed by atoms with Crippen LogP contribution >= 0.6 is 11.3 Å². The SMILES string of the molecule is CC(c1cccs1)N(C)C(=O)C(=O)NN. The van der Waals surface area contributed by atoms with Gasteiger partial charge in [0.05, 0.1) is 6.04 Å². The highest BCUT2D eigenvalue weighted by atomic mass is 32.1. The smallest absolute Gasteiger partial charge is 0.323 e. The van der Waals surface area contributed by atoms with Gasteiger partial charge in [0, 0.05) is 11.9 Å². The fraction of sp³-hybridized carbons (Fsp3) is 0.333. The second kappa shape index (κ2) is 4.90. The molecule has 1 rings (SSSR count). The third-order valence-corrected chi connectivity index (χ3v) is 3.22. The molecule has 0 radical (unpaired) electrons. The number of nitrogens with one attached hydrogen (secondary N) is 1. The zero-order valence-corrected chi connectivity index (χ0v) is 9.38. The van der Waals surface area contributed by atoms with Gasteiger partial charge < -0.3 is 4.90 Å².